The SMILES string of the molecule is CN=C(NCc1ccc(S(N)(=O)=O)cc1)NCc1cc(OC)c(OC)c(OC)c1. The molecule has 0 saturated carbocycles. The van der Waals surface area contributed by atoms with E-state index in [1.165, 1.54) is 12.1 Å². The number of primary sulfonamides is 1. The standard InChI is InChI=1S/C19H26N4O5S/c1-21-19(22-11-13-5-7-15(8-6-13)29(20,24)25)23-12-14-9-16(26-2)18(28-4)17(10-14)27-3/h5-10H,11-12H2,1-4H3,(H2,20,24,25)(H2,21,22,23). The molecule has 0 saturated heterocycles. The number of hydrogen-bond donors (Lipinski definition) is 3. The van der Waals surface area contributed by atoms with E-state index in [9.17, 15) is 8.42 Å². The van der Waals surface area contributed by atoms with Crippen LogP contribution in [0.2, 0.25) is 0 Å². The number of ether oxygens (including phenoxy) is 3. The minimum absolute atomic E-state index is 0.0751. The van der Waals surface area contributed by atoms with Crippen molar-refractivity contribution in [3.8, 4) is 17.2 Å². The van der Waals surface area contributed by atoms with E-state index >= 15 is 0 Å². The minimum atomic E-state index is -3.70. The monoisotopic (exact) mass is 422 g/mol. The third-order valence-electron chi connectivity index (χ3n) is 4.12. The van der Waals surface area contributed by atoms with Crippen LogP contribution in [0, 0.1) is 0 Å². The van der Waals surface area contributed by atoms with Crippen molar-refractivity contribution in [1.29, 1.82) is 0 Å². The number of guanidine groups is 1. The van der Waals surface area contributed by atoms with Gasteiger partial charge in [-0.1, -0.05) is 12.1 Å². The summed E-state index contributed by atoms with van der Waals surface area (Å²) in [4.78, 5) is 4.26. The molecule has 0 aliphatic carbocycles. The number of benzene rings is 2. The smallest absolute Gasteiger partial charge is 0.238 e. The highest BCUT2D eigenvalue weighted by molar-refractivity contribution is 7.89. The highest BCUT2D eigenvalue weighted by Crippen LogP contribution is 2.38. The molecule has 0 unspecified atom stereocenters. The van der Waals surface area contributed by atoms with Crippen LogP contribution in [0.1, 0.15) is 11.1 Å². The highest BCUT2D eigenvalue weighted by atomic mass is 32.2. The van der Waals surface area contributed by atoms with Crippen molar-refractivity contribution in [2.45, 2.75) is 18.0 Å². The van der Waals surface area contributed by atoms with Gasteiger partial charge in [0.1, 0.15) is 0 Å². The van der Waals surface area contributed by atoms with Gasteiger partial charge in [0.2, 0.25) is 15.8 Å². The zero-order valence-electron chi connectivity index (χ0n) is 16.9. The molecule has 2 aromatic carbocycles. The predicted octanol–water partition coefficient (Wildman–Crippen LogP) is 1.23. The van der Waals surface area contributed by atoms with Crippen molar-refractivity contribution in [3.63, 3.8) is 0 Å². The van der Waals surface area contributed by atoms with Crippen molar-refractivity contribution in [3.05, 3.63) is 47.5 Å². The zero-order valence-corrected chi connectivity index (χ0v) is 17.7. The van der Waals surface area contributed by atoms with Gasteiger partial charge in [0, 0.05) is 20.1 Å². The molecule has 0 spiro atoms. The lowest BCUT2D eigenvalue weighted by Crippen LogP contribution is -2.36. The fourth-order valence-corrected chi connectivity index (χ4v) is 3.14. The van der Waals surface area contributed by atoms with Crippen LogP contribution in [-0.2, 0) is 23.1 Å². The van der Waals surface area contributed by atoms with Gasteiger partial charge in [0.05, 0.1) is 26.2 Å². The summed E-state index contributed by atoms with van der Waals surface area (Å²) in [5.74, 6) is 2.25. The molecule has 0 radical (unpaired) electrons. The molecule has 0 aliphatic heterocycles. The lowest BCUT2D eigenvalue weighted by Gasteiger charge is -2.16. The number of methoxy groups -OCH3 is 3. The van der Waals surface area contributed by atoms with E-state index in [0.29, 0.717) is 36.3 Å². The number of rotatable bonds is 8. The van der Waals surface area contributed by atoms with Gasteiger partial charge in [-0.15, -0.1) is 0 Å². The fourth-order valence-electron chi connectivity index (χ4n) is 2.63. The molecule has 2 rings (SSSR count). The van der Waals surface area contributed by atoms with Crippen LogP contribution < -0.4 is 30.0 Å². The summed E-state index contributed by atoms with van der Waals surface area (Å²) >= 11 is 0. The summed E-state index contributed by atoms with van der Waals surface area (Å²) in [7, 11) is 2.65. The minimum Gasteiger partial charge on any atom is -0.493 e. The summed E-state index contributed by atoms with van der Waals surface area (Å²) in [5, 5.41) is 11.5. The lowest BCUT2D eigenvalue weighted by molar-refractivity contribution is 0.323. The molecule has 0 aliphatic rings. The van der Waals surface area contributed by atoms with Gasteiger partial charge in [0.25, 0.3) is 0 Å². The third kappa shape index (κ3) is 6.00. The van der Waals surface area contributed by atoms with Crippen molar-refractivity contribution >= 4 is 16.0 Å². The Hall–Kier alpha value is -2.98. The van der Waals surface area contributed by atoms with E-state index < -0.39 is 10.0 Å². The number of hydrogen-bond acceptors (Lipinski definition) is 6. The van der Waals surface area contributed by atoms with Crippen molar-refractivity contribution in [2.75, 3.05) is 28.4 Å². The normalized spacial score (nSPS) is 11.7. The number of nitrogens with one attached hydrogen (secondary N) is 2. The number of sulfonamides is 1. The maximum absolute atomic E-state index is 11.3. The van der Waals surface area contributed by atoms with Crippen LogP contribution in [0.15, 0.2) is 46.3 Å². The maximum Gasteiger partial charge on any atom is 0.238 e. The molecular weight excluding hydrogens is 396 g/mol. The van der Waals surface area contributed by atoms with Crippen LogP contribution >= 0.6 is 0 Å². The Labute approximate surface area is 170 Å². The van der Waals surface area contributed by atoms with Crippen LogP contribution in [0.3, 0.4) is 0 Å². The van der Waals surface area contributed by atoms with Crippen LogP contribution in [0.4, 0.5) is 0 Å². The molecule has 0 aromatic heterocycles. The molecule has 4 N–H and O–H groups in total. The van der Waals surface area contributed by atoms with Gasteiger partial charge >= 0.3 is 0 Å². The van der Waals surface area contributed by atoms with Crippen molar-refractivity contribution in [2.24, 2.45) is 10.1 Å². The van der Waals surface area contributed by atoms with Gasteiger partial charge in [-0.25, -0.2) is 13.6 Å². The van der Waals surface area contributed by atoms with E-state index in [2.05, 4.69) is 15.6 Å². The quantitative estimate of drug-likeness (QED) is 0.432. The summed E-state index contributed by atoms with van der Waals surface area (Å²) in [5.41, 5.74) is 1.80. The van der Waals surface area contributed by atoms with Gasteiger partial charge in [-0.3, -0.25) is 4.99 Å². The van der Waals surface area contributed by atoms with Gasteiger partial charge in [-0.2, -0.15) is 0 Å². The Balaban J connectivity index is 2.01. The van der Waals surface area contributed by atoms with Crippen LogP contribution in [0.25, 0.3) is 0 Å². The van der Waals surface area contributed by atoms with E-state index in [0.717, 1.165) is 11.1 Å². The first-order valence-corrected chi connectivity index (χ1v) is 10.2. The Bertz CT molecular complexity index is 934. The summed E-state index contributed by atoms with van der Waals surface area (Å²) in [6.45, 7) is 0.931. The Morgan fingerprint density at radius 2 is 1.45 bits per heavy atom. The van der Waals surface area contributed by atoms with Gasteiger partial charge in [-0.05, 0) is 35.4 Å². The third-order valence-corrected chi connectivity index (χ3v) is 5.05. The second-order valence-electron chi connectivity index (χ2n) is 6.00. The molecule has 10 heteroatoms. The molecule has 9 nitrogen and oxygen atoms in total. The maximum atomic E-state index is 11.3. The molecule has 29 heavy (non-hydrogen) atoms. The van der Waals surface area contributed by atoms with E-state index in [4.69, 9.17) is 19.3 Å². The second kappa shape index (κ2) is 9.99. The van der Waals surface area contributed by atoms with E-state index in [-0.39, 0.29) is 4.90 Å². The topological polar surface area (TPSA) is 124 Å². The van der Waals surface area contributed by atoms with Crippen molar-refractivity contribution in [1.82, 2.24) is 10.6 Å². The zero-order chi connectivity index (χ0) is 21.4. The van der Waals surface area contributed by atoms with Gasteiger partial charge < -0.3 is 24.8 Å². The van der Waals surface area contributed by atoms with Gasteiger partial charge in [0.15, 0.2) is 17.5 Å². The van der Waals surface area contributed by atoms with E-state index in [1.807, 2.05) is 12.1 Å². The number of nitrogens with two attached hydrogens (primary N) is 1. The summed E-state index contributed by atoms with van der Waals surface area (Å²) < 4.78 is 38.7. The highest BCUT2D eigenvalue weighted by Gasteiger charge is 2.13. The summed E-state index contributed by atoms with van der Waals surface area (Å²) in [6, 6.07) is 10.0. The summed E-state index contributed by atoms with van der Waals surface area (Å²) in [6.07, 6.45) is 0. The molecule has 0 bridgehead atoms. The first-order valence-electron chi connectivity index (χ1n) is 8.67. The molecular formula is C19H26N4O5S. The molecule has 158 valence electrons. The Morgan fingerprint density at radius 1 is 0.931 bits per heavy atom. The lowest BCUT2D eigenvalue weighted by atomic mass is 10.2. The molecule has 0 heterocycles. The Kier molecular flexibility index (Phi) is 7.68. The molecule has 0 fully saturated rings. The second-order valence-corrected chi connectivity index (χ2v) is 7.56. The fraction of sp³-hybridized carbons (Fsp3) is 0.316. The van der Waals surface area contributed by atoms with Crippen molar-refractivity contribution < 1.29 is 22.6 Å². The molecule has 0 atom stereocenters. The largest absolute Gasteiger partial charge is 0.493 e. The van der Waals surface area contributed by atoms with Crippen LogP contribution in [0.5, 0.6) is 17.2 Å². The average molecular weight is 423 g/mol. The number of nitrogens with zero attached hydrogens (tertiary/aromatic N) is 1. The predicted molar refractivity (Wildman–Crippen MR) is 111 cm³/mol. The molecule has 0 amide bonds. The van der Waals surface area contributed by atoms with Crippen LogP contribution in [-0.4, -0.2) is 42.8 Å². The average Bonchev–Trinajstić information content (AvgIpc) is 2.72. The first kappa shape index (κ1) is 22.3. The first-order chi connectivity index (χ1) is 13.8. The molecule has 2 aromatic rings. The number of aliphatic imine (C=N–C) groups is 1. The van der Waals surface area contributed by atoms with E-state index in [1.54, 1.807) is 40.5 Å². The Morgan fingerprint density at radius 3 is 1.86 bits per heavy atom.